The number of aromatic nitrogens is 3. The fraction of sp³-hybridized carbons (Fsp3) is 0.300. The number of benzene rings is 1. The molecule has 0 radical (unpaired) electrons. The molecule has 0 unspecified atom stereocenters. The van der Waals surface area contributed by atoms with Gasteiger partial charge in [-0.25, -0.2) is 27.7 Å². The Morgan fingerprint density at radius 2 is 1.84 bits per heavy atom. The number of sulfonamides is 1. The van der Waals surface area contributed by atoms with E-state index in [9.17, 15) is 13.2 Å². The van der Waals surface area contributed by atoms with Crippen LogP contribution in [0.2, 0.25) is 0 Å². The molecule has 0 saturated carbocycles. The summed E-state index contributed by atoms with van der Waals surface area (Å²) >= 11 is 2.69. The lowest BCUT2D eigenvalue weighted by atomic mass is 10.3. The van der Waals surface area contributed by atoms with Gasteiger partial charge in [0.2, 0.25) is 5.91 Å². The summed E-state index contributed by atoms with van der Waals surface area (Å²) in [5.74, 6) is 0.381. The quantitative estimate of drug-likeness (QED) is 0.368. The van der Waals surface area contributed by atoms with E-state index < -0.39 is 10.0 Å². The topological polar surface area (TPSA) is 105 Å². The van der Waals surface area contributed by atoms with Gasteiger partial charge in [0.1, 0.15) is 0 Å². The molecule has 0 aliphatic carbocycles. The Balaban J connectivity index is 1.58. The summed E-state index contributed by atoms with van der Waals surface area (Å²) in [7, 11) is -3.72. The Morgan fingerprint density at radius 1 is 1.16 bits per heavy atom. The summed E-state index contributed by atoms with van der Waals surface area (Å²) in [5, 5.41) is 5.60. The minimum Gasteiger partial charge on any atom is -0.326 e. The molecule has 2 aromatic heterocycles. The van der Waals surface area contributed by atoms with Gasteiger partial charge in [0.15, 0.2) is 10.3 Å². The smallest absolute Gasteiger partial charge is 0.266 e. The maximum Gasteiger partial charge on any atom is 0.266 e. The zero-order chi connectivity index (χ0) is 22.4. The normalized spacial score (nSPS) is 11.3. The number of nitrogens with zero attached hydrogens (tertiary/aromatic N) is 4. The summed E-state index contributed by atoms with van der Waals surface area (Å²) < 4.78 is 27.1. The van der Waals surface area contributed by atoms with Crippen LogP contribution in [-0.4, -0.2) is 41.6 Å². The lowest BCUT2D eigenvalue weighted by Gasteiger charge is -2.19. The van der Waals surface area contributed by atoms with Crippen molar-refractivity contribution in [1.29, 1.82) is 0 Å². The van der Waals surface area contributed by atoms with Crippen molar-refractivity contribution in [2.45, 2.75) is 37.2 Å². The van der Waals surface area contributed by atoms with Crippen molar-refractivity contribution in [1.82, 2.24) is 15.0 Å². The molecule has 0 saturated heterocycles. The van der Waals surface area contributed by atoms with Gasteiger partial charge in [-0.1, -0.05) is 11.8 Å². The Bertz CT molecular complexity index is 1110. The van der Waals surface area contributed by atoms with Crippen molar-refractivity contribution in [3.63, 3.8) is 0 Å². The standard InChI is InChI=1S/C20H23N5O3S3/c1-4-25(20-21-10-12-30-20)31(27,28)17-7-5-16(6-8-17)24-18(26)9-11-29-19-22-14(2)13-15(3)23-19/h5-8,10,12-13H,4,9,11H2,1-3H3,(H,24,26). The van der Waals surface area contributed by atoms with E-state index in [1.807, 2.05) is 19.9 Å². The highest BCUT2D eigenvalue weighted by atomic mass is 32.2. The van der Waals surface area contributed by atoms with Gasteiger partial charge < -0.3 is 5.32 Å². The second-order valence-electron chi connectivity index (χ2n) is 6.59. The van der Waals surface area contributed by atoms with Crippen LogP contribution in [0, 0.1) is 13.8 Å². The molecule has 0 fully saturated rings. The van der Waals surface area contributed by atoms with Crippen molar-refractivity contribution in [2.24, 2.45) is 0 Å². The van der Waals surface area contributed by atoms with E-state index in [1.54, 1.807) is 30.6 Å². The third-order valence-electron chi connectivity index (χ3n) is 4.17. The molecular weight excluding hydrogens is 454 g/mol. The van der Waals surface area contributed by atoms with Crippen molar-refractivity contribution >= 4 is 49.8 Å². The summed E-state index contributed by atoms with van der Waals surface area (Å²) in [6.07, 6.45) is 1.86. The monoisotopic (exact) mass is 477 g/mol. The number of amides is 1. The highest BCUT2D eigenvalue weighted by molar-refractivity contribution is 7.99. The van der Waals surface area contributed by atoms with Gasteiger partial charge in [0.25, 0.3) is 10.0 Å². The van der Waals surface area contributed by atoms with Crippen LogP contribution in [0.25, 0.3) is 0 Å². The predicted octanol–water partition coefficient (Wildman–Crippen LogP) is 3.89. The highest BCUT2D eigenvalue weighted by Gasteiger charge is 2.25. The third-order valence-corrected chi connectivity index (χ3v) is 7.81. The second-order valence-corrected chi connectivity index (χ2v) is 10.4. The van der Waals surface area contributed by atoms with E-state index in [0.29, 0.717) is 21.7 Å². The largest absolute Gasteiger partial charge is 0.326 e. The number of aryl methyl sites for hydroxylation is 2. The minimum absolute atomic E-state index is 0.144. The van der Waals surface area contributed by atoms with Crippen molar-refractivity contribution in [3.8, 4) is 0 Å². The molecule has 0 aliphatic rings. The number of nitrogens with one attached hydrogen (secondary N) is 1. The Labute approximate surface area is 190 Å². The lowest BCUT2D eigenvalue weighted by Crippen LogP contribution is -2.30. The van der Waals surface area contributed by atoms with Crippen LogP contribution in [0.4, 0.5) is 10.8 Å². The first-order chi connectivity index (χ1) is 14.8. The van der Waals surface area contributed by atoms with Gasteiger partial charge in [-0.3, -0.25) is 4.79 Å². The number of carbonyl (C=O) groups excluding carboxylic acids is 1. The third kappa shape index (κ3) is 6.02. The van der Waals surface area contributed by atoms with E-state index in [-0.39, 0.29) is 23.8 Å². The first-order valence-electron chi connectivity index (χ1n) is 9.57. The molecular formula is C20H23N5O3S3. The van der Waals surface area contributed by atoms with Gasteiger partial charge in [-0.2, -0.15) is 0 Å². The number of hydrogen-bond acceptors (Lipinski definition) is 8. The zero-order valence-corrected chi connectivity index (χ0v) is 19.9. The van der Waals surface area contributed by atoms with E-state index in [4.69, 9.17) is 0 Å². The first-order valence-corrected chi connectivity index (χ1v) is 12.9. The van der Waals surface area contributed by atoms with Crippen LogP contribution in [-0.2, 0) is 14.8 Å². The minimum atomic E-state index is -3.72. The molecule has 0 spiro atoms. The molecule has 0 atom stereocenters. The molecule has 2 heterocycles. The second kappa shape index (κ2) is 10.2. The Hall–Kier alpha value is -2.50. The Kier molecular flexibility index (Phi) is 7.63. The predicted molar refractivity (Wildman–Crippen MR) is 124 cm³/mol. The summed E-state index contributed by atoms with van der Waals surface area (Å²) in [5.41, 5.74) is 2.32. The summed E-state index contributed by atoms with van der Waals surface area (Å²) in [4.78, 5) is 25.2. The van der Waals surface area contributed by atoms with Crippen LogP contribution >= 0.6 is 23.1 Å². The highest BCUT2D eigenvalue weighted by Crippen LogP contribution is 2.26. The molecule has 11 heteroatoms. The zero-order valence-electron chi connectivity index (χ0n) is 17.4. The maximum absolute atomic E-state index is 12.9. The Morgan fingerprint density at radius 3 is 2.42 bits per heavy atom. The molecule has 3 aromatic rings. The molecule has 1 N–H and O–H groups in total. The molecule has 3 rings (SSSR count). The summed E-state index contributed by atoms with van der Waals surface area (Å²) in [6, 6.07) is 8.04. The lowest BCUT2D eigenvalue weighted by molar-refractivity contribution is -0.115. The van der Waals surface area contributed by atoms with E-state index in [1.165, 1.54) is 39.5 Å². The van der Waals surface area contributed by atoms with Crippen LogP contribution in [0.1, 0.15) is 24.7 Å². The summed E-state index contributed by atoms with van der Waals surface area (Å²) in [6.45, 7) is 5.85. The number of anilines is 2. The number of rotatable bonds is 9. The first kappa shape index (κ1) is 23.2. The van der Waals surface area contributed by atoms with Crippen molar-refractivity contribution < 1.29 is 13.2 Å². The molecule has 31 heavy (non-hydrogen) atoms. The van der Waals surface area contributed by atoms with Gasteiger partial charge in [-0.15, -0.1) is 11.3 Å². The number of carbonyl (C=O) groups is 1. The van der Waals surface area contributed by atoms with Crippen LogP contribution in [0.3, 0.4) is 0 Å². The van der Waals surface area contributed by atoms with Gasteiger partial charge in [-0.05, 0) is 51.1 Å². The fourth-order valence-electron chi connectivity index (χ4n) is 2.80. The van der Waals surface area contributed by atoms with Crippen LogP contribution in [0.15, 0.2) is 52.0 Å². The van der Waals surface area contributed by atoms with Crippen LogP contribution in [0.5, 0.6) is 0 Å². The molecule has 0 bridgehead atoms. The van der Waals surface area contributed by atoms with Gasteiger partial charge in [0, 0.05) is 47.4 Å². The van der Waals surface area contributed by atoms with E-state index >= 15 is 0 Å². The van der Waals surface area contributed by atoms with Crippen molar-refractivity contribution in [3.05, 3.63) is 53.3 Å². The molecule has 0 aliphatic heterocycles. The number of thioether (sulfide) groups is 1. The van der Waals surface area contributed by atoms with Gasteiger partial charge >= 0.3 is 0 Å². The average molecular weight is 478 g/mol. The average Bonchev–Trinajstić information content (AvgIpc) is 3.22. The fourth-order valence-corrected chi connectivity index (χ4v) is 6.05. The molecule has 1 amide bonds. The van der Waals surface area contributed by atoms with Gasteiger partial charge in [0.05, 0.1) is 4.90 Å². The number of thiazole rings is 1. The SMILES string of the molecule is CCN(c1nccs1)S(=O)(=O)c1ccc(NC(=O)CCSc2nc(C)cc(C)n2)cc1. The van der Waals surface area contributed by atoms with Crippen LogP contribution < -0.4 is 9.62 Å². The molecule has 164 valence electrons. The van der Waals surface area contributed by atoms with E-state index in [0.717, 1.165) is 11.4 Å². The maximum atomic E-state index is 12.9. The van der Waals surface area contributed by atoms with E-state index in [2.05, 4.69) is 20.3 Å². The van der Waals surface area contributed by atoms with Crippen molar-refractivity contribution in [2.75, 3.05) is 21.9 Å². The number of hydrogen-bond donors (Lipinski definition) is 1. The molecule has 8 nitrogen and oxygen atoms in total. The molecule has 1 aromatic carbocycles.